The van der Waals surface area contributed by atoms with Crippen LogP contribution in [0.2, 0.25) is 5.02 Å². The van der Waals surface area contributed by atoms with E-state index in [0.29, 0.717) is 33.1 Å². The summed E-state index contributed by atoms with van der Waals surface area (Å²) < 4.78 is 5.19. The molecule has 0 aromatic heterocycles. The van der Waals surface area contributed by atoms with Crippen molar-refractivity contribution in [1.29, 1.82) is 0 Å². The number of ketones is 1. The van der Waals surface area contributed by atoms with E-state index in [1.54, 1.807) is 54.6 Å². The lowest BCUT2D eigenvalue weighted by molar-refractivity contribution is 0.102. The van der Waals surface area contributed by atoms with E-state index >= 15 is 0 Å². The van der Waals surface area contributed by atoms with Crippen molar-refractivity contribution < 1.29 is 14.3 Å². The van der Waals surface area contributed by atoms with Gasteiger partial charge in [0.2, 0.25) is 0 Å². The molecule has 26 heavy (non-hydrogen) atoms. The predicted molar refractivity (Wildman–Crippen MR) is 102 cm³/mol. The van der Waals surface area contributed by atoms with Crippen LogP contribution < -0.4 is 10.1 Å². The van der Waals surface area contributed by atoms with E-state index < -0.39 is 0 Å². The molecule has 3 aromatic carbocycles. The largest absolute Gasteiger partial charge is 0.496 e. The summed E-state index contributed by atoms with van der Waals surface area (Å²) in [5, 5.41) is 3.22. The van der Waals surface area contributed by atoms with Crippen molar-refractivity contribution in [2.45, 2.75) is 0 Å². The molecule has 1 amide bonds. The van der Waals surface area contributed by atoms with Gasteiger partial charge in [-0.05, 0) is 42.5 Å². The SMILES string of the molecule is COc1ccc(Cl)cc1C(=O)Nc1ccc(C(=O)c2ccccc2)cc1. The summed E-state index contributed by atoms with van der Waals surface area (Å²) in [6.07, 6.45) is 0. The Kier molecular flexibility index (Phi) is 5.34. The van der Waals surface area contributed by atoms with Crippen molar-refractivity contribution >= 4 is 29.0 Å². The van der Waals surface area contributed by atoms with Crippen molar-refractivity contribution in [3.05, 3.63) is 94.5 Å². The third-order valence-corrected chi connectivity index (χ3v) is 4.08. The first-order chi connectivity index (χ1) is 12.6. The highest BCUT2D eigenvalue weighted by molar-refractivity contribution is 6.31. The molecule has 0 atom stereocenters. The van der Waals surface area contributed by atoms with E-state index in [-0.39, 0.29) is 11.7 Å². The van der Waals surface area contributed by atoms with E-state index in [0.717, 1.165) is 0 Å². The Bertz CT molecular complexity index is 937. The fraction of sp³-hybridized carbons (Fsp3) is 0.0476. The van der Waals surface area contributed by atoms with Crippen LogP contribution in [0.1, 0.15) is 26.3 Å². The molecular formula is C21H16ClNO3. The molecule has 0 saturated carbocycles. The van der Waals surface area contributed by atoms with Crippen molar-refractivity contribution in [1.82, 2.24) is 0 Å². The summed E-state index contributed by atoms with van der Waals surface area (Å²) >= 11 is 5.96. The number of carbonyl (C=O) groups excluding carboxylic acids is 2. The number of amides is 1. The maximum atomic E-state index is 12.5. The van der Waals surface area contributed by atoms with Gasteiger partial charge in [-0.2, -0.15) is 0 Å². The van der Waals surface area contributed by atoms with E-state index in [4.69, 9.17) is 16.3 Å². The average molecular weight is 366 g/mol. The molecule has 0 unspecified atom stereocenters. The van der Waals surface area contributed by atoms with Gasteiger partial charge >= 0.3 is 0 Å². The fourth-order valence-electron chi connectivity index (χ4n) is 2.52. The molecule has 3 aromatic rings. The molecule has 0 saturated heterocycles. The summed E-state index contributed by atoms with van der Waals surface area (Å²) in [5.41, 5.74) is 2.08. The van der Waals surface area contributed by atoms with E-state index in [1.807, 2.05) is 18.2 Å². The Balaban J connectivity index is 1.77. The minimum Gasteiger partial charge on any atom is -0.496 e. The highest BCUT2D eigenvalue weighted by Crippen LogP contribution is 2.24. The lowest BCUT2D eigenvalue weighted by Gasteiger charge is -2.10. The van der Waals surface area contributed by atoms with E-state index in [9.17, 15) is 9.59 Å². The first-order valence-corrected chi connectivity index (χ1v) is 8.31. The topological polar surface area (TPSA) is 55.4 Å². The van der Waals surface area contributed by atoms with E-state index in [1.165, 1.54) is 7.11 Å². The molecule has 0 aliphatic rings. The minimum atomic E-state index is -0.341. The van der Waals surface area contributed by atoms with Crippen LogP contribution in [0.5, 0.6) is 5.75 Å². The van der Waals surface area contributed by atoms with Gasteiger partial charge in [0.1, 0.15) is 5.75 Å². The number of carbonyl (C=O) groups is 2. The number of rotatable bonds is 5. The Morgan fingerprint density at radius 1 is 0.885 bits per heavy atom. The molecule has 0 radical (unpaired) electrons. The van der Waals surface area contributed by atoms with Gasteiger partial charge in [0, 0.05) is 21.8 Å². The van der Waals surface area contributed by atoms with Crippen LogP contribution in [0.4, 0.5) is 5.69 Å². The van der Waals surface area contributed by atoms with Crippen LogP contribution in [0.15, 0.2) is 72.8 Å². The second-order valence-corrected chi connectivity index (χ2v) is 6.01. The van der Waals surface area contributed by atoms with Crippen LogP contribution in [0.3, 0.4) is 0 Å². The average Bonchev–Trinajstić information content (AvgIpc) is 2.68. The number of hydrogen-bond donors (Lipinski definition) is 1. The third-order valence-electron chi connectivity index (χ3n) is 3.85. The lowest BCUT2D eigenvalue weighted by atomic mass is 10.0. The van der Waals surface area contributed by atoms with Crippen LogP contribution in [-0.2, 0) is 0 Å². The number of anilines is 1. The second-order valence-electron chi connectivity index (χ2n) is 5.57. The van der Waals surface area contributed by atoms with Gasteiger partial charge in [-0.25, -0.2) is 0 Å². The Morgan fingerprint density at radius 3 is 2.19 bits per heavy atom. The molecule has 3 rings (SSSR count). The number of methoxy groups -OCH3 is 1. The molecule has 0 bridgehead atoms. The smallest absolute Gasteiger partial charge is 0.259 e. The molecule has 0 heterocycles. The Morgan fingerprint density at radius 2 is 1.54 bits per heavy atom. The van der Waals surface area contributed by atoms with Gasteiger partial charge in [-0.15, -0.1) is 0 Å². The zero-order valence-corrected chi connectivity index (χ0v) is 14.8. The minimum absolute atomic E-state index is 0.0695. The fourth-order valence-corrected chi connectivity index (χ4v) is 2.69. The second kappa shape index (κ2) is 7.85. The van der Waals surface area contributed by atoms with Crippen molar-refractivity contribution in [3.63, 3.8) is 0 Å². The number of benzene rings is 3. The monoisotopic (exact) mass is 365 g/mol. The zero-order valence-electron chi connectivity index (χ0n) is 14.0. The molecule has 0 aliphatic heterocycles. The van der Waals surface area contributed by atoms with Crippen molar-refractivity contribution in [2.75, 3.05) is 12.4 Å². The Labute approximate surface area is 156 Å². The summed E-state index contributed by atoms with van der Waals surface area (Å²) in [6.45, 7) is 0. The van der Waals surface area contributed by atoms with Crippen LogP contribution >= 0.6 is 11.6 Å². The van der Waals surface area contributed by atoms with Gasteiger partial charge < -0.3 is 10.1 Å². The number of hydrogen-bond acceptors (Lipinski definition) is 3. The number of nitrogens with one attached hydrogen (secondary N) is 1. The van der Waals surface area contributed by atoms with Crippen LogP contribution in [-0.4, -0.2) is 18.8 Å². The summed E-state index contributed by atoms with van der Waals surface area (Å²) in [4.78, 5) is 24.9. The molecular weight excluding hydrogens is 350 g/mol. The number of halogens is 1. The predicted octanol–water partition coefficient (Wildman–Crippen LogP) is 4.83. The molecule has 0 fully saturated rings. The maximum absolute atomic E-state index is 12.5. The molecule has 1 N–H and O–H groups in total. The quantitative estimate of drug-likeness (QED) is 0.659. The molecule has 130 valence electrons. The lowest BCUT2D eigenvalue weighted by Crippen LogP contribution is -2.13. The van der Waals surface area contributed by atoms with Gasteiger partial charge in [-0.1, -0.05) is 41.9 Å². The first kappa shape index (κ1) is 17.7. The Hall–Kier alpha value is -3.11. The van der Waals surface area contributed by atoms with Gasteiger partial charge in [0.05, 0.1) is 12.7 Å². The highest BCUT2D eigenvalue weighted by atomic mass is 35.5. The first-order valence-electron chi connectivity index (χ1n) is 7.93. The molecule has 5 heteroatoms. The molecule has 0 aliphatic carbocycles. The van der Waals surface area contributed by atoms with E-state index in [2.05, 4.69) is 5.32 Å². The van der Waals surface area contributed by atoms with Crippen molar-refractivity contribution in [3.8, 4) is 5.75 Å². The summed E-state index contributed by atoms with van der Waals surface area (Å²) in [7, 11) is 1.49. The van der Waals surface area contributed by atoms with Gasteiger partial charge in [0.15, 0.2) is 5.78 Å². The van der Waals surface area contributed by atoms with Crippen molar-refractivity contribution in [2.24, 2.45) is 0 Å². The van der Waals surface area contributed by atoms with Crippen LogP contribution in [0, 0.1) is 0 Å². The number of ether oxygens (including phenoxy) is 1. The molecule has 0 spiro atoms. The standard InChI is InChI=1S/C21H16ClNO3/c1-26-19-12-9-16(22)13-18(19)21(25)23-17-10-7-15(8-11-17)20(24)14-5-3-2-4-6-14/h2-13H,1H3,(H,23,25). The summed E-state index contributed by atoms with van der Waals surface area (Å²) in [5.74, 6) is 0.0225. The summed E-state index contributed by atoms with van der Waals surface area (Å²) in [6, 6.07) is 20.6. The normalized spacial score (nSPS) is 10.2. The van der Waals surface area contributed by atoms with Gasteiger partial charge in [0.25, 0.3) is 5.91 Å². The van der Waals surface area contributed by atoms with Gasteiger partial charge in [-0.3, -0.25) is 9.59 Å². The molecule has 4 nitrogen and oxygen atoms in total. The highest BCUT2D eigenvalue weighted by Gasteiger charge is 2.14. The zero-order chi connectivity index (χ0) is 18.5. The maximum Gasteiger partial charge on any atom is 0.259 e. The third kappa shape index (κ3) is 3.92. The van der Waals surface area contributed by atoms with Crippen LogP contribution in [0.25, 0.3) is 0 Å².